The standard InChI is InChI=1S/C22H18ClN9O/c23-13-5-1-6-14-16(13)21(33)32(12-4-2-8-25-10-12)19(28-14)15-7-3-9-31(15)20-17-18(27-11-26-17)29-22(24)30-20/h1-2,4-6,8,10-11,15H,3,7,9H2,(H3,24,26,27,29,30)/t15-/m0/s1. The van der Waals surface area contributed by atoms with E-state index in [1.54, 1.807) is 47.6 Å². The fourth-order valence-electron chi connectivity index (χ4n) is 4.50. The Balaban J connectivity index is 1.62. The van der Waals surface area contributed by atoms with E-state index < -0.39 is 0 Å². The molecule has 10 nitrogen and oxygen atoms in total. The molecule has 1 aliphatic rings. The third kappa shape index (κ3) is 3.10. The van der Waals surface area contributed by atoms with Crippen LogP contribution in [0.4, 0.5) is 11.8 Å². The Morgan fingerprint density at radius 2 is 2.06 bits per heavy atom. The quantitative estimate of drug-likeness (QED) is 0.420. The van der Waals surface area contributed by atoms with Crippen molar-refractivity contribution in [2.45, 2.75) is 18.9 Å². The molecule has 0 radical (unpaired) electrons. The van der Waals surface area contributed by atoms with Crippen LogP contribution in [-0.2, 0) is 0 Å². The number of halogens is 1. The molecule has 0 unspecified atom stereocenters. The number of fused-ring (bicyclic) bond motifs is 2. The van der Waals surface area contributed by atoms with Crippen LogP contribution in [0.5, 0.6) is 0 Å². The predicted octanol–water partition coefficient (Wildman–Crippen LogP) is 3.02. The zero-order valence-electron chi connectivity index (χ0n) is 17.3. The second-order valence-electron chi connectivity index (χ2n) is 7.81. The van der Waals surface area contributed by atoms with Gasteiger partial charge in [-0.05, 0) is 37.1 Å². The van der Waals surface area contributed by atoms with Gasteiger partial charge < -0.3 is 15.6 Å². The summed E-state index contributed by atoms with van der Waals surface area (Å²) in [5.74, 6) is 1.36. The van der Waals surface area contributed by atoms with Gasteiger partial charge in [-0.25, -0.2) is 9.97 Å². The van der Waals surface area contributed by atoms with Crippen LogP contribution in [-0.4, -0.2) is 41.0 Å². The first kappa shape index (κ1) is 19.6. The lowest BCUT2D eigenvalue weighted by Crippen LogP contribution is -2.32. The highest BCUT2D eigenvalue weighted by Crippen LogP contribution is 2.38. The Labute approximate surface area is 192 Å². The summed E-state index contributed by atoms with van der Waals surface area (Å²) >= 11 is 6.41. The number of pyridine rings is 1. The fraction of sp³-hybridized carbons (Fsp3) is 0.182. The average Bonchev–Trinajstić information content (AvgIpc) is 3.48. The van der Waals surface area contributed by atoms with Crippen molar-refractivity contribution >= 4 is 45.4 Å². The molecule has 1 atom stereocenters. The lowest BCUT2D eigenvalue weighted by molar-refractivity contribution is 0.634. The average molecular weight is 460 g/mol. The Morgan fingerprint density at radius 3 is 2.91 bits per heavy atom. The van der Waals surface area contributed by atoms with Crippen molar-refractivity contribution in [2.75, 3.05) is 17.2 Å². The number of aromatic amines is 1. The number of hydrogen-bond acceptors (Lipinski definition) is 8. The Bertz CT molecular complexity index is 1560. The molecule has 0 amide bonds. The fourth-order valence-corrected chi connectivity index (χ4v) is 4.75. The summed E-state index contributed by atoms with van der Waals surface area (Å²) in [7, 11) is 0. The first-order valence-electron chi connectivity index (χ1n) is 10.5. The van der Waals surface area contributed by atoms with Gasteiger partial charge in [0.05, 0.1) is 40.2 Å². The minimum atomic E-state index is -0.241. The number of nitrogens with one attached hydrogen (secondary N) is 1. The van der Waals surface area contributed by atoms with E-state index in [0.29, 0.717) is 51.0 Å². The van der Waals surface area contributed by atoms with Gasteiger partial charge in [-0.1, -0.05) is 17.7 Å². The van der Waals surface area contributed by atoms with Gasteiger partial charge in [0, 0.05) is 12.7 Å². The largest absolute Gasteiger partial charge is 0.368 e. The summed E-state index contributed by atoms with van der Waals surface area (Å²) in [6.07, 6.45) is 6.54. The summed E-state index contributed by atoms with van der Waals surface area (Å²) in [4.78, 5) is 41.0. The molecule has 1 fully saturated rings. The number of nitrogens with two attached hydrogens (primary N) is 1. The molecular formula is C22H18ClN9O. The number of imidazole rings is 1. The monoisotopic (exact) mass is 459 g/mol. The van der Waals surface area contributed by atoms with Gasteiger partial charge in [-0.15, -0.1) is 0 Å². The van der Waals surface area contributed by atoms with E-state index >= 15 is 0 Å². The molecule has 3 N–H and O–H groups in total. The molecule has 0 spiro atoms. The summed E-state index contributed by atoms with van der Waals surface area (Å²) < 4.78 is 1.60. The smallest absolute Gasteiger partial charge is 0.267 e. The number of rotatable bonds is 3. The van der Waals surface area contributed by atoms with Crippen molar-refractivity contribution in [1.29, 1.82) is 0 Å². The maximum atomic E-state index is 13.7. The van der Waals surface area contributed by atoms with Crippen LogP contribution < -0.4 is 16.2 Å². The summed E-state index contributed by atoms with van der Waals surface area (Å²) in [5.41, 5.74) is 8.08. The number of anilines is 2. The van der Waals surface area contributed by atoms with Crippen LogP contribution in [0, 0.1) is 0 Å². The Kier molecular flexibility index (Phi) is 4.47. The van der Waals surface area contributed by atoms with E-state index in [1.165, 1.54) is 0 Å². The first-order valence-corrected chi connectivity index (χ1v) is 10.8. The third-order valence-corrected chi connectivity index (χ3v) is 6.20. The number of aromatic nitrogens is 7. The van der Waals surface area contributed by atoms with E-state index in [1.807, 2.05) is 6.07 Å². The molecule has 1 saturated heterocycles. The first-order chi connectivity index (χ1) is 16.1. The van der Waals surface area contributed by atoms with Crippen LogP contribution in [0.2, 0.25) is 5.02 Å². The summed E-state index contributed by atoms with van der Waals surface area (Å²) in [5, 5.41) is 0.735. The molecule has 4 aromatic heterocycles. The van der Waals surface area contributed by atoms with Crippen molar-refractivity contribution in [3.05, 3.63) is 70.3 Å². The maximum absolute atomic E-state index is 13.7. The van der Waals surface area contributed by atoms with Gasteiger partial charge in [0.1, 0.15) is 11.3 Å². The van der Waals surface area contributed by atoms with Gasteiger partial charge >= 0.3 is 0 Å². The van der Waals surface area contributed by atoms with Crippen molar-refractivity contribution in [3.63, 3.8) is 0 Å². The minimum absolute atomic E-state index is 0.137. The molecule has 33 heavy (non-hydrogen) atoms. The van der Waals surface area contributed by atoms with E-state index in [9.17, 15) is 4.79 Å². The molecular weight excluding hydrogens is 442 g/mol. The normalized spacial score (nSPS) is 16.2. The van der Waals surface area contributed by atoms with E-state index in [-0.39, 0.29) is 17.5 Å². The van der Waals surface area contributed by atoms with Crippen molar-refractivity contribution < 1.29 is 0 Å². The molecule has 5 heterocycles. The van der Waals surface area contributed by atoms with Crippen molar-refractivity contribution in [2.24, 2.45) is 0 Å². The predicted molar refractivity (Wildman–Crippen MR) is 126 cm³/mol. The van der Waals surface area contributed by atoms with E-state index in [2.05, 4.69) is 29.8 Å². The molecule has 0 saturated carbocycles. The van der Waals surface area contributed by atoms with Gasteiger partial charge in [-0.2, -0.15) is 9.97 Å². The SMILES string of the molecule is Nc1nc(N2CCC[C@H]2c2nc3cccc(Cl)c3c(=O)n2-c2cccnc2)c2[nH]cnc2n1. The number of nitrogens with zero attached hydrogens (tertiary/aromatic N) is 7. The summed E-state index contributed by atoms with van der Waals surface area (Å²) in [6.45, 7) is 0.714. The molecule has 6 rings (SSSR count). The van der Waals surface area contributed by atoms with Gasteiger partial charge in [0.15, 0.2) is 11.5 Å². The van der Waals surface area contributed by atoms with Crippen LogP contribution in [0.1, 0.15) is 24.7 Å². The molecule has 1 aliphatic heterocycles. The van der Waals surface area contributed by atoms with E-state index in [0.717, 1.165) is 12.8 Å². The van der Waals surface area contributed by atoms with Crippen molar-refractivity contribution in [3.8, 4) is 5.69 Å². The lowest BCUT2D eigenvalue weighted by atomic mass is 10.1. The molecule has 0 bridgehead atoms. The zero-order valence-corrected chi connectivity index (χ0v) is 18.1. The van der Waals surface area contributed by atoms with Gasteiger partial charge in [0.25, 0.3) is 5.56 Å². The molecule has 164 valence electrons. The Morgan fingerprint density at radius 1 is 1.15 bits per heavy atom. The maximum Gasteiger partial charge on any atom is 0.267 e. The highest BCUT2D eigenvalue weighted by molar-refractivity contribution is 6.35. The highest BCUT2D eigenvalue weighted by atomic mass is 35.5. The van der Waals surface area contributed by atoms with Gasteiger partial charge in [-0.3, -0.25) is 14.3 Å². The molecule has 5 aromatic rings. The van der Waals surface area contributed by atoms with Gasteiger partial charge in [0.2, 0.25) is 5.95 Å². The summed E-state index contributed by atoms with van der Waals surface area (Å²) in [6, 6.07) is 8.67. The van der Waals surface area contributed by atoms with Crippen LogP contribution in [0.15, 0.2) is 53.8 Å². The number of H-pyrrole nitrogens is 1. The topological polar surface area (TPSA) is 132 Å². The van der Waals surface area contributed by atoms with Crippen LogP contribution >= 0.6 is 11.6 Å². The highest BCUT2D eigenvalue weighted by Gasteiger charge is 2.33. The van der Waals surface area contributed by atoms with Crippen LogP contribution in [0.3, 0.4) is 0 Å². The zero-order chi connectivity index (χ0) is 22.5. The minimum Gasteiger partial charge on any atom is -0.368 e. The number of nitrogen functional groups attached to an aromatic ring is 1. The number of hydrogen-bond donors (Lipinski definition) is 2. The second kappa shape index (κ2) is 7.52. The lowest BCUT2D eigenvalue weighted by Gasteiger charge is -2.27. The third-order valence-electron chi connectivity index (χ3n) is 5.88. The Hall–Kier alpha value is -4.05. The molecule has 1 aromatic carbocycles. The van der Waals surface area contributed by atoms with Crippen molar-refractivity contribution in [1.82, 2.24) is 34.5 Å². The molecule has 0 aliphatic carbocycles. The van der Waals surface area contributed by atoms with E-state index in [4.69, 9.17) is 22.3 Å². The second-order valence-corrected chi connectivity index (χ2v) is 8.22. The van der Waals surface area contributed by atoms with Crippen LogP contribution in [0.25, 0.3) is 27.8 Å². The number of benzene rings is 1. The molecule has 11 heteroatoms.